The highest BCUT2D eigenvalue weighted by molar-refractivity contribution is 5.57. The molecule has 1 aliphatic rings. The number of aryl methyl sites for hydroxylation is 1. The number of aliphatic hydroxyl groups is 1. The highest BCUT2D eigenvalue weighted by Crippen LogP contribution is 2.31. The quantitative estimate of drug-likeness (QED) is 0.871. The lowest BCUT2D eigenvalue weighted by atomic mass is 9.80. The summed E-state index contributed by atoms with van der Waals surface area (Å²) in [5, 5.41) is 16.9. The summed E-state index contributed by atoms with van der Waals surface area (Å²) in [6.45, 7) is 2.30. The number of hydrogen-bond donors (Lipinski definition) is 2. The molecule has 0 unspecified atom stereocenters. The van der Waals surface area contributed by atoms with Gasteiger partial charge in [-0.3, -0.25) is 0 Å². The normalized spacial score (nSPS) is 16.9. The number of anilines is 1. The van der Waals surface area contributed by atoms with Crippen LogP contribution in [0.15, 0.2) is 22.9 Å². The average molecular weight is 260 g/mol. The molecule has 1 fully saturated rings. The van der Waals surface area contributed by atoms with Crippen molar-refractivity contribution in [1.82, 2.24) is 15.1 Å². The molecule has 0 spiro atoms. The second-order valence-corrected chi connectivity index (χ2v) is 5.01. The molecule has 2 heterocycles. The molecule has 2 N–H and O–H groups in total. The predicted molar refractivity (Wildman–Crippen MR) is 69.6 cm³/mol. The predicted octanol–water partition coefficient (Wildman–Crippen LogP) is 1.77. The number of hydrogen-bond acceptors (Lipinski definition) is 6. The third-order valence-corrected chi connectivity index (χ3v) is 3.42. The van der Waals surface area contributed by atoms with Crippen molar-refractivity contribution in [2.75, 3.05) is 11.9 Å². The fourth-order valence-electron chi connectivity index (χ4n) is 2.09. The number of rotatable bonds is 4. The molecule has 3 rings (SSSR count). The molecular formula is C13H16N4O2. The Hall–Kier alpha value is -1.95. The molecule has 0 saturated heterocycles. The number of nitrogens with one attached hydrogen (secondary N) is 1. The Balaban J connectivity index is 1.72. The molecule has 1 saturated carbocycles. The van der Waals surface area contributed by atoms with E-state index in [2.05, 4.69) is 20.4 Å². The fraction of sp³-hybridized carbons (Fsp3) is 0.462. The second kappa shape index (κ2) is 4.62. The van der Waals surface area contributed by atoms with Gasteiger partial charge in [-0.15, -0.1) is 0 Å². The molecule has 2 aromatic heterocycles. The van der Waals surface area contributed by atoms with Crippen LogP contribution in [0.1, 0.15) is 25.1 Å². The molecule has 6 heteroatoms. The molecule has 2 aromatic rings. The summed E-state index contributed by atoms with van der Waals surface area (Å²) in [6.07, 6.45) is 4.47. The molecule has 6 nitrogen and oxygen atoms in total. The van der Waals surface area contributed by atoms with Crippen LogP contribution >= 0.6 is 0 Å². The van der Waals surface area contributed by atoms with E-state index in [9.17, 15) is 5.11 Å². The van der Waals surface area contributed by atoms with Crippen molar-refractivity contribution in [3.63, 3.8) is 0 Å². The van der Waals surface area contributed by atoms with Crippen molar-refractivity contribution < 1.29 is 9.63 Å². The van der Waals surface area contributed by atoms with Crippen LogP contribution in [0.2, 0.25) is 0 Å². The van der Waals surface area contributed by atoms with Crippen LogP contribution in [0.4, 0.5) is 5.82 Å². The summed E-state index contributed by atoms with van der Waals surface area (Å²) in [5.41, 5.74) is 0.248. The van der Waals surface area contributed by atoms with Gasteiger partial charge in [0.1, 0.15) is 5.82 Å². The lowest BCUT2D eigenvalue weighted by Gasteiger charge is -2.36. The van der Waals surface area contributed by atoms with Crippen molar-refractivity contribution >= 4 is 5.82 Å². The van der Waals surface area contributed by atoms with E-state index in [-0.39, 0.29) is 0 Å². The monoisotopic (exact) mass is 260 g/mol. The van der Waals surface area contributed by atoms with Gasteiger partial charge in [-0.25, -0.2) is 4.98 Å². The minimum atomic E-state index is -0.571. The smallest absolute Gasteiger partial charge is 0.258 e. The molecular weight excluding hydrogens is 244 g/mol. The molecule has 0 amide bonds. The summed E-state index contributed by atoms with van der Waals surface area (Å²) in [4.78, 5) is 8.40. The van der Waals surface area contributed by atoms with Crippen LogP contribution in [-0.2, 0) is 0 Å². The zero-order valence-corrected chi connectivity index (χ0v) is 10.8. The van der Waals surface area contributed by atoms with Gasteiger partial charge in [-0.05, 0) is 38.3 Å². The van der Waals surface area contributed by atoms with Crippen molar-refractivity contribution in [2.24, 2.45) is 0 Å². The van der Waals surface area contributed by atoms with E-state index in [1.165, 1.54) is 0 Å². The second-order valence-electron chi connectivity index (χ2n) is 5.01. The Labute approximate surface area is 110 Å². The van der Waals surface area contributed by atoms with Crippen molar-refractivity contribution in [3.8, 4) is 11.5 Å². The van der Waals surface area contributed by atoms with E-state index in [4.69, 9.17) is 4.52 Å². The molecule has 0 aromatic carbocycles. The van der Waals surface area contributed by atoms with Gasteiger partial charge in [-0.2, -0.15) is 4.98 Å². The van der Waals surface area contributed by atoms with E-state index >= 15 is 0 Å². The first-order valence-corrected chi connectivity index (χ1v) is 6.38. The largest absolute Gasteiger partial charge is 0.388 e. The highest BCUT2D eigenvalue weighted by Gasteiger charge is 2.34. The first-order chi connectivity index (χ1) is 9.15. The van der Waals surface area contributed by atoms with Gasteiger partial charge < -0.3 is 14.9 Å². The van der Waals surface area contributed by atoms with E-state index in [0.717, 1.165) is 24.8 Å². The van der Waals surface area contributed by atoms with Crippen molar-refractivity contribution in [3.05, 3.63) is 24.2 Å². The van der Waals surface area contributed by atoms with E-state index in [1.807, 2.05) is 12.1 Å². The van der Waals surface area contributed by atoms with Gasteiger partial charge in [0.15, 0.2) is 5.82 Å². The van der Waals surface area contributed by atoms with Crippen LogP contribution in [0.25, 0.3) is 11.5 Å². The Kier molecular flexibility index (Phi) is 2.94. The standard InChI is InChI=1S/C13H16N4O2/c1-9-16-12(19-17-9)10-3-6-14-11(7-10)15-8-13(18)4-2-5-13/h3,6-7,18H,2,4-5,8H2,1H3,(H,14,15). The third-order valence-electron chi connectivity index (χ3n) is 3.42. The summed E-state index contributed by atoms with van der Waals surface area (Å²) >= 11 is 0. The lowest BCUT2D eigenvalue weighted by molar-refractivity contribution is -0.0202. The molecule has 0 radical (unpaired) electrons. The SMILES string of the molecule is Cc1noc(-c2ccnc(NCC3(O)CCC3)c2)n1. The van der Waals surface area contributed by atoms with Crippen LogP contribution in [-0.4, -0.2) is 32.4 Å². The van der Waals surface area contributed by atoms with E-state index in [1.54, 1.807) is 13.1 Å². The summed E-state index contributed by atoms with van der Waals surface area (Å²) in [7, 11) is 0. The maximum absolute atomic E-state index is 10.0. The molecule has 0 bridgehead atoms. The Morgan fingerprint density at radius 3 is 2.95 bits per heavy atom. The Morgan fingerprint density at radius 1 is 1.47 bits per heavy atom. The molecule has 19 heavy (non-hydrogen) atoms. The van der Waals surface area contributed by atoms with Gasteiger partial charge in [0.2, 0.25) is 0 Å². The van der Waals surface area contributed by atoms with Crippen LogP contribution in [0.5, 0.6) is 0 Å². The third kappa shape index (κ3) is 2.58. The van der Waals surface area contributed by atoms with Crippen molar-refractivity contribution in [1.29, 1.82) is 0 Å². The number of pyridine rings is 1. The molecule has 100 valence electrons. The minimum Gasteiger partial charge on any atom is -0.388 e. The zero-order chi connectivity index (χ0) is 13.3. The minimum absolute atomic E-state index is 0.477. The molecule has 0 aliphatic heterocycles. The lowest BCUT2D eigenvalue weighted by Crippen LogP contribution is -2.43. The maximum Gasteiger partial charge on any atom is 0.258 e. The number of aromatic nitrogens is 3. The summed E-state index contributed by atoms with van der Waals surface area (Å²) in [6, 6.07) is 3.66. The first-order valence-electron chi connectivity index (χ1n) is 6.38. The number of nitrogens with zero attached hydrogens (tertiary/aromatic N) is 3. The van der Waals surface area contributed by atoms with Crippen LogP contribution in [0.3, 0.4) is 0 Å². The van der Waals surface area contributed by atoms with Crippen LogP contribution in [0, 0.1) is 6.92 Å². The Bertz CT molecular complexity index is 578. The van der Waals surface area contributed by atoms with Gasteiger partial charge in [-0.1, -0.05) is 5.16 Å². The fourth-order valence-corrected chi connectivity index (χ4v) is 2.09. The maximum atomic E-state index is 10.0. The summed E-state index contributed by atoms with van der Waals surface area (Å²) < 4.78 is 5.12. The molecule has 0 atom stereocenters. The first kappa shape index (κ1) is 12.1. The van der Waals surface area contributed by atoms with Gasteiger partial charge in [0, 0.05) is 18.3 Å². The van der Waals surface area contributed by atoms with E-state index in [0.29, 0.717) is 24.1 Å². The van der Waals surface area contributed by atoms with Crippen LogP contribution < -0.4 is 5.32 Å². The van der Waals surface area contributed by atoms with Gasteiger partial charge >= 0.3 is 0 Å². The zero-order valence-electron chi connectivity index (χ0n) is 10.8. The highest BCUT2D eigenvalue weighted by atomic mass is 16.5. The van der Waals surface area contributed by atoms with Crippen molar-refractivity contribution in [2.45, 2.75) is 31.8 Å². The Morgan fingerprint density at radius 2 is 2.32 bits per heavy atom. The summed E-state index contributed by atoms with van der Waals surface area (Å²) in [5.74, 6) is 1.78. The van der Waals surface area contributed by atoms with Gasteiger partial charge in [0.25, 0.3) is 5.89 Å². The molecule has 1 aliphatic carbocycles. The van der Waals surface area contributed by atoms with E-state index < -0.39 is 5.60 Å². The topological polar surface area (TPSA) is 84.1 Å². The average Bonchev–Trinajstić information content (AvgIpc) is 2.81. The van der Waals surface area contributed by atoms with Gasteiger partial charge in [0.05, 0.1) is 5.60 Å².